The molecule has 3 aromatic rings. The second kappa shape index (κ2) is 11.5. The number of nitrogens with zero attached hydrogens (tertiary/aromatic N) is 2. The fourth-order valence-electron chi connectivity index (χ4n) is 4.43. The van der Waals surface area contributed by atoms with Gasteiger partial charge in [0.25, 0.3) is 0 Å². The van der Waals surface area contributed by atoms with Gasteiger partial charge in [-0.2, -0.15) is 0 Å². The molecule has 0 saturated carbocycles. The molecule has 2 aromatic carbocycles. The van der Waals surface area contributed by atoms with E-state index in [1.807, 2.05) is 29.3 Å². The SMILES string of the molecule is CCCCC(=O)N(CC(=O)N1CCc2sccc2C1c1ccc(Cl)cc1Cl)Cc1ccc(F)cc1. The van der Waals surface area contributed by atoms with Gasteiger partial charge in [-0.1, -0.05) is 54.7 Å². The maximum Gasteiger partial charge on any atom is 0.243 e. The lowest BCUT2D eigenvalue weighted by atomic mass is 9.93. The Morgan fingerprint density at radius 1 is 1.11 bits per heavy atom. The van der Waals surface area contributed by atoms with Crippen molar-refractivity contribution in [3.63, 3.8) is 0 Å². The van der Waals surface area contributed by atoms with Crippen LogP contribution >= 0.6 is 34.5 Å². The largest absolute Gasteiger partial charge is 0.330 e. The van der Waals surface area contributed by atoms with Gasteiger partial charge in [0.05, 0.1) is 6.04 Å². The summed E-state index contributed by atoms with van der Waals surface area (Å²) in [5.74, 6) is -0.570. The second-order valence-electron chi connectivity index (χ2n) is 8.68. The number of carbonyl (C=O) groups excluding carboxylic acids is 2. The predicted octanol–water partition coefficient (Wildman–Crippen LogP) is 6.89. The first-order valence-corrected chi connectivity index (χ1v) is 13.3. The van der Waals surface area contributed by atoms with Gasteiger partial charge < -0.3 is 9.80 Å². The first-order valence-electron chi connectivity index (χ1n) is 11.7. The predicted molar refractivity (Wildman–Crippen MR) is 139 cm³/mol. The molecule has 4 rings (SSSR count). The van der Waals surface area contributed by atoms with Gasteiger partial charge >= 0.3 is 0 Å². The number of thiophene rings is 1. The molecule has 0 bridgehead atoms. The molecule has 2 heterocycles. The summed E-state index contributed by atoms with van der Waals surface area (Å²) >= 11 is 14.4. The van der Waals surface area contributed by atoms with Crippen LogP contribution in [0.25, 0.3) is 0 Å². The van der Waals surface area contributed by atoms with E-state index < -0.39 is 0 Å². The highest BCUT2D eigenvalue weighted by molar-refractivity contribution is 7.10. The van der Waals surface area contributed by atoms with Crippen LogP contribution in [0.1, 0.15) is 53.8 Å². The molecule has 184 valence electrons. The van der Waals surface area contributed by atoms with Crippen molar-refractivity contribution in [2.75, 3.05) is 13.1 Å². The van der Waals surface area contributed by atoms with E-state index in [1.54, 1.807) is 40.5 Å². The van der Waals surface area contributed by atoms with Crippen LogP contribution in [0, 0.1) is 5.82 Å². The van der Waals surface area contributed by atoms with Gasteiger partial charge in [-0.25, -0.2) is 4.39 Å². The average Bonchev–Trinajstić information content (AvgIpc) is 3.32. The molecule has 1 aliphatic heterocycles. The summed E-state index contributed by atoms with van der Waals surface area (Å²) in [7, 11) is 0. The zero-order valence-electron chi connectivity index (χ0n) is 19.5. The van der Waals surface area contributed by atoms with Crippen LogP contribution in [0.3, 0.4) is 0 Å². The summed E-state index contributed by atoms with van der Waals surface area (Å²) in [6.07, 6.45) is 2.75. The lowest BCUT2D eigenvalue weighted by molar-refractivity contribution is -0.142. The van der Waals surface area contributed by atoms with Crippen molar-refractivity contribution >= 4 is 46.4 Å². The number of rotatable bonds is 8. The van der Waals surface area contributed by atoms with Crippen molar-refractivity contribution in [1.82, 2.24) is 9.80 Å². The average molecular weight is 533 g/mol. The van der Waals surface area contributed by atoms with E-state index in [4.69, 9.17) is 23.2 Å². The van der Waals surface area contributed by atoms with Crippen molar-refractivity contribution in [2.45, 2.75) is 45.2 Å². The quantitative estimate of drug-likeness (QED) is 0.317. The minimum Gasteiger partial charge on any atom is -0.330 e. The molecule has 0 saturated heterocycles. The van der Waals surface area contributed by atoms with Crippen LogP contribution in [0.2, 0.25) is 10.0 Å². The normalized spacial score (nSPS) is 15.1. The van der Waals surface area contributed by atoms with Crippen molar-refractivity contribution in [3.05, 3.63) is 91.3 Å². The van der Waals surface area contributed by atoms with Crippen LogP contribution in [-0.4, -0.2) is 34.7 Å². The minimum absolute atomic E-state index is 0.0545. The molecule has 0 radical (unpaired) electrons. The third-order valence-corrected chi connectivity index (χ3v) is 7.81. The topological polar surface area (TPSA) is 40.6 Å². The van der Waals surface area contributed by atoms with Crippen molar-refractivity contribution in [2.24, 2.45) is 0 Å². The summed E-state index contributed by atoms with van der Waals surface area (Å²) in [4.78, 5) is 31.4. The highest BCUT2D eigenvalue weighted by Gasteiger charge is 2.35. The zero-order chi connectivity index (χ0) is 24.9. The number of benzene rings is 2. The van der Waals surface area contributed by atoms with E-state index in [0.29, 0.717) is 23.0 Å². The van der Waals surface area contributed by atoms with Crippen molar-refractivity contribution in [1.29, 1.82) is 0 Å². The smallest absolute Gasteiger partial charge is 0.243 e. The van der Waals surface area contributed by atoms with Crippen molar-refractivity contribution in [3.8, 4) is 0 Å². The van der Waals surface area contributed by atoms with E-state index >= 15 is 0 Å². The molecule has 1 unspecified atom stereocenters. The second-order valence-corrected chi connectivity index (χ2v) is 10.5. The van der Waals surface area contributed by atoms with Gasteiger partial charge in [0.2, 0.25) is 11.8 Å². The van der Waals surface area contributed by atoms with E-state index in [1.165, 1.54) is 17.0 Å². The number of fused-ring (bicyclic) bond motifs is 1. The lowest BCUT2D eigenvalue weighted by Gasteiger charge is -2.38. The molecule has 2 amide bonds. The van der Waals surface area contributed by atoms with Crippen LogP contribution in [0.4, 0.5) is 4.39 Å². The van der Waals surface area contributed by atoms with Gasteiger partial charge in [-0.05, 0) is 65.2 Å². The van der Waals surface area contributed by atoms with Crippen LogP contribution in [-0.2, 0) is 22.6 Å². The summed E-state index contributed by atoms with van der Waals surface area (Å²) in [5, 5.41) is 3.07. The highest BCUT2D eigenvalue weighted by atomic mass is 35.5. The van der Waals surface area contributed by atoms with Crippen molar-refractivity contribution < 1.29 is 14.0 Å². The Balaban J connectivity index is 1.62. The summed E-state index contributed by atoms with van der Waals surface area (Å²) in [6, 6.07) is 13.1. The molecular formula is C27H27Cl2FN2O2S. The third kappa shape index (κ3) is 6.05. The van der Waals surface area contributed by atoms with Gasteiger partial charge in [-0.3, -0.25) is 9.59 Å². The summed E-state index contributed by atoms with van der Waals surface area (Å²) in [6.45, 7) is 2.75. The molecule has 4 nitrogen and oxygen atoms in total. The Bertz CT molecular complexity index is 1200. The van der Waals surface area contributed by atoms with E-state index in [2.05, 4.69) is 0 Å². The molecule has 0 aliphatic carbocycles. The monoisotopic (exact) mass is 532 g/mol. The van der Waals surface area contributed by atoms with Gasteiger partial charge in [0.1, 0.15) is 12.4 Å². The number of halogens is 3. The Labute approximate surface area is 219 Å². The molecule has 0 fully saturated rings. The minimum atomic E-state index is -0.347. The third-order valence-electron chi connectivity index (χ3n) is 6.25. The lowest BCUT2D eigenvalue weighted by Crippen LogP contribution is -2.46. The molecule has 1 atom stereocenters. The standard InChI is InChI=1S/C27H27Cl2FN2O2S/c1-2-3-4-25(33)31(16-18-5-8-20(30)9-6-18)17-26(34)32-13-11-24-22(12-14-35-24)27(32)21-10-7-19(28)15-23(21)29/h5-10,12,14-15,27H,2-4,11,13,16-17H2,1H3. The highest BCUT2D eigenvalue weighted by Crippen LogP contribution is 2.41. The number of hydrogen-bond donors (Lipinski definition) is 0. The summed E-state index contributed by atoms with van der Waals surface area (Å²) in [5.41, 5.74) is 2.65. The Hall–Kier alpha value is -2.41. The fourth-order valence-corrected chi connectivity index (χ4v) is 5.84. The maximum atomic E-state index is 13.7. The van der Waals surface area contributed by atoms with Crippen LogP contribution < -0.4 is 0 Å². The molecule has 1 aliphatic rings. The number of amides is 2. The number of unbranched alkanes of at least 4 members (excludes halogenated alkanes) is 1. The van der Waals surface area contributed by atoms with E-state index in [-0.39, 0.29) is 36.8 Å². The molecule has 0 spiro atoms. The number of hydrogen-bond acceptors (Lipinski definition) is 3. The Kier molecular flexibility index (Phi) is 8.47. The Morgan fingerprint density at radius 3 is 2.60 bits per heavy atom. The first-order chi connectivity index (χ1) is 16.9. The molecule has 1 aromatic heterocycles. The Morgan fingerprint density at radius 2 is 1.89 bits per heavy atom. The molecule has 0 N–H and O–H groups in total. The van der Waals surface area contributed by atoms with Crippen LogP contribution in [0.15, 0.2) is 53.9 Å². The van der Waals surface area contributed by atoms with Gasteiger partial charge in [0.15, 0.2) is 0 Å². The summed E-state index contributed by atoms with van der Waals surface area (Å²) < 4.78 is 13.4. The van der Waals surface area contributed by atoms with Gasteiger partial charge in [-0.15, -0.1) is 11.3 Å². The molecule has 8 heteroatoms. The number of carbonyl (C=O) groups is 2. The van der Waals surface area contributed by atoms with Crippen LogP contribution in [0.5, 0.6) is 0 Å². The fraction of sp³-hybridized carbons (Fsp3) is 0.333. The van der Waals surface area contributed by atoms with Gasteiger partial charge in [0, 0.05) is 34.4 Å². The maximum absolute atomic E-state index is 13.7. The molecule has 35 heavy (non-hydrogen) atoms. The first kappa shape index (κ1) is 25.7. The van der Waals surface area contributed by atoms with E-state index in [0.717, 1.165) is 36.0 Å². The van der Waals surface area contributed by atoms with E-state index in [9.17, 15) is 14.0 Å². The zero-order valence-corrected chi connectivity index (χ0v) is 21.8. The molecular weight excluding hydrogens is 506 g/mol.